The molecule has 18 heavy (non-hydrogen) atoms. The van der Waals surface area contributed by atoms with Crippen LogP contribution in [0.25, 0.3) is 0 Å². The molecule has 0 heterocycles. The van der Waals surface area contributed by atoms with E-state index in [9.17, 15) is 4.79 Å². The highest BCUT2D eigenvalue weighted by atomic mass is 32.2. The molecule has 100 valence electrons. The SMILES string of the molecule is CCC(CC)(CN)C(=O)Nc1ccc(SC)cc1. The maximum absolute atomic E-state index is 12.3. The van der Waals surface area contributed by atoms with E-state index in [4.69, 9.17) is 5.73 Å². The summed E-state index contributed by atoms with van der Waals surface area (Å²) in [4.78, 5) is 13.5. The molecule has 0 saturated carbocycles. The number of carbonyl (C=O) groups excluding carboxylic acids is 1. The van der Waals surface area contributed by atoms with Gasteiger partial charge in [0, 0.05) is 17.1 Å². The highest BCUT2D eigenvalue weighted by Gasteiger charge is 2.33. The third kappa shape index (κ3) is 3.27. The van der Waals surface area contributed by atoms with Crippen molar-refractivity contribution in [3.05, 3.63) is 24.3 Å². The standard InChI is InChI=1S/C14H22N2OS/c1-4-14(5-2,10-15)13(17)16-11-6-8-12(18-3)9-7-11/h6-9H,4-5,10,15H2,1-3H3,(H,16,17). The first kappa shape index (κ1) is 15.1. The number of amides is 1. The van der Waals surface area contributed by atoms with Crippen molar-refractivity contribution < 1.29 is 4.79 Å². The van der Waals surface area contributed by atoms with Gasteiger partial charge in [0.15, 0.2) is 0 Å². The molecule has 0 atom stereocenters. The molecule has 0 spiro atoms. The van der Waals surface area contributed by atoms with Gasteiger partial charge in [-0.05, 0) is 43.4 Å². The van der Waals surface area contributed by atoms with Crippen molar-refractivity contribution in [2.45, 2.75) is 31.6 Å². The lowest BCUT2D eigenvalue weighted by Gasteiger charge is -2.28. The van der Waals surface area contributed by atoms with Gasteiger partial charge in [0.25, 0.3) is 0 Å². The lowest BCUT2D eigenvalue weighted by Crippen LogP contribution is -2.41. The third-order valence-electron chi connectivity index (χ3n) is 3.57. The monoisotopic (exact) mass is 266 g/mol. The molecule has 0 unspecified atom stereocenters. The van der Waals surface area contributed by atoms with E-state index < -0.39 is 5.41 Å². The normalized spacial score (nSPS) is 11.3. The fraction of sp³-hybridized carbons (Fsp3) is 0.500. The van der Waals surface area contributed by atoms with E-state index in [0.29, 0.717) is 6.54 Å². The Hall–Kier alpha value is -1.00. The molecular weight excluding hydrogens is 244 g/mol. The van der Waals surface area contributed by atoms with E-state index in [1.165, 1.54) is 4.90 Å². The quantitative estimate of drug-likeness (QED) is 0.778. The summed E-state index contributed by atoms with van der Waals surface area (Å²) >= 11 is 1.68. The number of carbonyl (C=O) groups is 1. The Morgan fingerprint density at radius 1 is 1.28 bits per heavy atom. The second-order valence-corrected chi connectivity index (χ2v) is 5.25. The van der Waals surface area contributed by atoms with Crippen molar-refractivity contribution in [2.24, 2.45) is 11.1 Å². The largest absolute Gasteiger partial charge is 0.329 e. The number of hydrogen-bond donors (Lipinski definition) is 2. The van der Waals surface area contributed by atoms with Crippen molar-refractivity contribution in [1.82, 2.24) is 0 Å². The van der Waals surface area contributed by atoms with Gasteiger partial charge < -0.3 is 11.1 Å². The molecule has 1 aromatic carbocycles. The predicted molar refractivity (Wildman–Crippen MR) is 78.9 cm³/mol. The highest BCUT2D eigenvalue weighted by molar-refractivity contribution is 7.98. The van der Waals surface area contributed by atoms with Crippen LogP contribution in [0.15, 0.2) is 29.2 Å². The van der Waals surface area contributed by atoms with Crippen LogP contribution in [0.2, 0.25) is 0 Å². The molecule has 0 aliphatic heterocycles. The zero-order chi connectivity index (χ0) is 13.6. The van der Waals surface area contributed by atoms with E-state index in [1.807, 2.05) is 44.4 Å². The van der Waals surface area contributed by atoms with Crippen LogP contribution < -0.4 is 11.1 Å². The lowest BCUT2D eigenvalue weighted by atomic mass is 9.81. The fourth-order valence-electron chi connectivity index (χ4n) is 1.89. The summed E-state index contributed by atoms with van der Waals surface area (Å²) in [5.41, 5.74) is 6.15. The maximum Gasteiger partial charge on any atom is 0.231 e. The van der Waals surface area contributed by atoms with E-state index in [0.717, 1.165) is 18.5 Å². The Labute approximate surface area is 114 Å². The molecule has 0 radical (unpaired) electrons. The summed E-state index contributed by atoms with van der Waals surface area (Å²) in [5.74, 6) is 0.0203. The van der Waals surface area contributed by atoms with Gasteiger partial charge in [0.1, 0.15) is 0 Å². The summed E-state index contributed by atoms with van der Waals surface area (Å²) in [6, 6.07) is 7.86. The Balaban J connectivity index is 2.79. The molecule has 0 aliphatic rings. The van der Waals surface area contributed by atoms with Crippen molar-refractivity contribution in [2.75, 3.05) is 18.1 Å². The van der Waals surface area contributed by atoms with Crippen molar-refractivity contribution in [3.63, 3.8) is 0 Å². The van der Waals surface area contributed by atoms with Gasteiger partial charge in [-0.3, -0.25) is 4.79 Å². The number of thioether (sulfide) groups is 1. The van der Waals surface area contributed by atoms with E-state index in [1.54, 1.807) is 11.8 Å². The third-order valence-corrected chi connectivity index (χ3v) is 4.32. The molecule has 1 amide bonds. The van der Waals surface area contributed by atoms with Gasteiger partial charge in [-0.15, -0.1) is 11.8 Å². The van der Waals surface area contributed by atoms with E-state index in [-0.39, 0.29) is 5.91 Å². The van der Waals surface area contributed by atoms with Crippen LogP contribution in [0, 0.1) is 5.41 Å². The summed E-state index contributed by atoms with van der Waals surface area (Å²) in [6.07, 6.45) is 3.55. The first-order chi connectivity index (χ1) is 8.61. The average molecular weight is 266 g/mol. The van der Waals surface area contributed by atoms with Crippen LogP contribution in [0.5, 0.6) is 0 Å². The van der Waals surface area contributed by atoms with E-state index in [2.05, 4.69) is 5.32 Å². The topological polar surface area (TPSA) is 55.1 Å². The number of nitrogens with one attached hydrogen (secondary N) is 1. The first-order valence-electron chi connectivity index (χ1n) is 6.27. The fourth-order valence-corrected chi connectivity index (χ4v) is 2.30. The molecule has 1 rings (SSSR count). The lowest BCUT2D eigenvalue weighted by molar-refractivity contribution is -0.125. The Morgan fingerprint density at radius 2 is 1.83 bits per heavy atom. The molecule has 3 N–H and O–H groups in total. The highest BCUT2D eigenvalue weighted by Crippen LogP contribution is 2.27. The minimum Gasteiger partial charge on any atom is -0.329 e. The predicted octanol–water partition coefficient (Wildman–Crippen LogP) is 3.11. The average Bonchev–Trinajstić information content (AvgIpc) is 2.42. The number of benzene rings is 1. The molecular formula is C14H22N2OS. The van der Waals surface area contributed by atoms with Crippen molar-refractivity contribution >= 4 is 23.4 Å². The zero-order valence-corrected chi connectivity index (χ0v) is 12.1. The number of anilines is 1. The van der Waals surface area contributed by atoms with Gasteiger partial charge in [-0.25, -0.2) is 0 Å². The summed E-state index contributed by atoms with van der Waals surface area (Å²) < 4.78 is 0. The molecule has 0 aromatic heterocycles. The minimum absolute atomic E-state index is 0.0203. The van der Waals surface area contributed by atoms with Crippen LogP contribution in [0.1, 0.15) is 26.7 Å². The van der Waals surface area contributed by atoms with Gasteiger partial charge in [0.05, 0.1) is 5.41 Å². The zero-order valence-electron chi connectivity index (χ0n) is 11.3. The molecule has 0 fully saturated rings. The summed E-state index contributed by atoms with van der Waals surface area (Å²) in [7, 11) is 0. The molecule has 1 aromatic rings. The van der Waals surface area contributed by atoms with Crippen LogP contribution >= 0.6 is 11.8 Å². The van der Waals surface area contributed by atoms with Crippen molar-refractivity contribution in [3.8, 4) is 0 Å². The molecule has 0 aliphatic carbocycles. The molecule has 0 saturated heterocycles. The first-order valence-corrected chi connectivity index (χ1v) is 7.50. The van der Waals surface area contributed by atoms with E-state index >= 15 is 0 Å². The van der Waals surface area contributed by atoms with Crippen molar-refractivity contribution in [1.29, 1.82) is 0 Å². The van der Waals surface area contributed by atoms with Gasteiger partial charge in [0.2, 0.25) is 5.91 Å². The molecule has 3 nitrogen and oxygen atoms in total. The maximum atomic E-state index is 12.3. The molecule has 4 heteroatoms. The number of hydrogen-bond acceptors (Lipinski definition) is 3. The van der Waals surface area contributed by atoms with Crippen LogP contribution in [-0.2, 0) is 4.79 Å². The van der Waals surface area contributed by atoms with Gasteiger partial charge in [-0.1, -0.05) is 13.8 Å². The van der Waals surface area contributed by atoms with Gasteiger partial charge in [-0.2, -0.15) is 0 Å². The smallest absolute Gasteiger partial charge is 0.231 e. The van der Waals surface area contributed by atoms with Crippen LogP contribution in [0.4, 0.5) is 5.69 Å². The molecule has 0 bridgehead atoms. The second kappa shape index (κ2) is 6.81. The second-order valence-electron chi connectivity index (χ2n) is 4.37. The number of nitrogens with two attached hydrogens (primary N) is 1. The minimum atomic E-state index is -0.446. The van der Waals surface area contributed by atoms with Crippen LogP contribution in [0.3, 0.4) is 0 Å². The Morgan fingerprint density at radius 3 is 2.22 bits per heavy atom. The number of rotatable bonds is 6. The summed E-state index contributed by atoms with van der Waals surface area (Å²) in [6.45, 7) is 4.40. The Bertz CT molecular complexity index is 377. The summed E-state index contributed by atoms with van der Waals surface area (Å²) in [5, 5.41) is 2.96. The van der Waals surface area contributed by atoms with Crippen LogP contribution in [-0.4, -0.2) is 18.7 Å². The Kier molecular flexibility index (Phi) is 5.69. The van der Waals surface area contributed by atoms with Gasteiger partial charge >= 0.3 is 0 Å².